The lowest BCUT2D eigenvalue weighted by Crippen LogP contribution is -2.41. The van der Waals surface area contributed by atoms with Gasteiger partial charge in [-0.3, -0.25) is 0 Å². The second-order valence-corrected chi connectivity index (χ2v) is 13.3. The zero-order valence-electron chi connectivity index (χ0n) is 15.5. The zero-order chi connectivity index (χ0) is 18.8. The predicted octanol–water partition coefficient (Wildman–Crippen LogP) is 5.85. The molecule has 25 heavy (non-hydrogen) atoms. The number of aromatic nitrogens is 3. The summed E-state index contributed by atoms with van der Waals surface area (Å²) in [5, 5.41) is 5.39. The van der Waals surface area contributed by atoms with E-state index in [0.717, 1.165) is 11.3 Å². The molecule has 0 saturated carbocycles. The lowest BCUT2D eigenvalue weighted by Gasteiger charge is -2.37. The van der Waals surface area contributed by atoms with Gasteiger partial charge < -0.3 is 4.43 Å². The Bertz CT molecular complexity index is 747. The lowest BCUT2D eigenvalue weighted by molar-refractivity contribution is 0.125. The van der Waals surface area contributed by atoms with Crippen molar-refractivity contribution in [1.82, 2.24) is 14.8 Å². The van der Waals surface area contributed by atoms with Crippen molar-refractivity contribution in [2.45, 2.75) is 46.5 Å². The van der Waals surface area contributed by atoms with Gasteiger partial charge in [-0.15, -0.1) is 0 Å². The highest BCUT2D eigenvalue weighted by Crippen LogP contribution is 2.34. The van der Waals surface area contributed by atoms with E-state index in [1.165, 1.54) is 6.33 Å². The largest absolute Gasteiger partial charge is 0.409 e. The Kier molecular flexibility index (Phi) is 6.15. The monoisotopic (exact) mass is 397 g/mol. The Balaban J connectivity index is 2.57. The number of halogens is 2. The highest BCUT2D eigenvalue weighted by Gasteiger charge is 2.34. The Morgan fingerprint density at radius 2 is 1.88 bits per heavy atom. The third kappa shape index (κ3) is 5.68. The van der Waals surface area contributed by atoms with Gasteiger partial charge in [0.05, 0.1) is 21.8 Å². The topological polar surface area (TPSA) is 39.9 Å². The molecule has 1 heterocycles. The van der Waals surface area contributed by atoms with Crippen LogP contribution >= 0.6 is 23.2 Å². The van der Waals surface area contributed by atoms with Crippen molar-refractivity contribution in [2.75, 3.05) is 0 Å². The molecule has 2 aromatic rings. The van der Waals surface area contributed by atoms with E-state index in [4.69, 9.17) is 27.6 Å². The summed E-state index contributed by atoms with van der Waals surface area (Å²) in [5.74, 6) is 0. The van der Waals surface area contributed by atoms with Gasteiger partial charge in [-0.25, -0.2) is 9.67 Å². The second kappa shape index (κ2) is 7.62. The van der Waals surface area contributed by atoms with E-state index in [-0.39, 0.29) is 11.5 Å². The first-order valence-corrected chi connectivity index (χ1v) is 12.3. The molecule has 1 atom stereocenters. The van der Waals surface area contributed by atoms with E-state index in [2.05, 4.69) is 50.5 Å². The van der Waals surface area contributed by atoms with Crippen LogP contribution in [0.2, 0.25) is 29.7 Å². The molecule has 0 radical (unpaired) electrons. The number of hydrogen-bond acceptors (Lipinski definition) is 3. The highest BCUT2D eigenvalue weighted by atomic mass is 35.5. The van der Waals surface area contributed by atoms with Crippen LogP contribution in [-0.4, -0.2) is 29.2 Å². The zero-order valence-corrected chi connectivity index (χ0v) is 18.1. The number of benzene rings is 1. The minimum atomic E-state index is -1.79. The Hall–Kier alpha value is -1.14. The SMILES string of the molecule is CC(C)(C)C(O[Si](C)(C)C)/C(=C\c1ccc(Cl)c(Cl)c1)n1cncn1. The molecule has 2 rings (SSSR count). The fraction of sp³-hybridized carbons (Fsp3) is 0.444. The molecule has 0 aliphatic carbocycles. The van der Waals surface area contributed by atoms with E-state index in [0.29, 0.717) is 10.0 Å². The summed E-state index contributed by atoms with van der Waals surface area (Å²) in [6.07, 6.45) is 5.11. The number of rotatable bonds is 5. The van der Waals surface area contributed by atoms with Crippen LogP contribution in [0.1, 0.15) is 26.3 Å². The summed E-state index contributed by atoms with van der Waals surface area (Å²) >= 11 is 12.2. The molecule has 1 aromatic heterocycles. The standard InChI is InChI=1S/C18H25Cl2N3OSi/c1-18(2,3)17(24-25(4,5)6)16(23-12-21-11-22-23)10-13-7-8-14(19)15(20)9-13/h7-12,17H,1-6H3/b16-10+. The van der Waals surface area contributed by atoms with E-state index >= 15 is 0 Å². The van der Waals surface area contributed by atoms with Gasteiger partial charge in [0.25, 0.3) is 0 Å². The van der Waals surface area contributed by atoms with Gasteiger partial charge >= 0.3 is 0 Å². The van der Waals surface area contributed by atoms with Gasteiger partial charge in [-0.05, 0) is 48.8 Å². The van der Waals surface area contributed by atoms with Crippen molar-refractivity contribution in [2.24, 2.45) is 5.41 Å². The molecule has 0 bridgehead atoms. The third-order valence-corrected chi connectivity index (χ3v) is 5.15. The molecule has 1 unspecified atom stereocenters. The molecule has 0 N–H and O–H groups in total. The van der Waals surface area contributed by atoms with Crippen LogP contribution in [0.4, 0.5) is 0 Å². The van der Waals surface area contributed by atoms with E-state index in [1.54, 1.807) is 17.1 Å². The van der Waals surface area contributed by atoms with Crippen LogP contribution in [0.15, 0.2) is 30.9 Å². The number of nitrogens with zero attached hydrogens (tertiary/aromatic N) is 3. The normalized spacial score (nSPS) is 14.6. The lowest BCUT2D eigenvalue weighted by atomic mass is 9.86. The van der Waals surface area contributed by atoms with Gasteiger partial charge in [0.2, 0.25) is 0 Å². The maximum atomic E-state index is 6.54. The van der Waals surface area contributed by atoms with Gasteiger partial charge in [-0.2, -0.15) is 5.10 Å². The molecule has 0 amide bonds. The highest BCUT2D eigenvalue weighted by molar-refractivity contribution is 6.69. The van der Waals surface area contributed by atoms with E-state index in [9.17, 15) is 0 Å². The molecule has 136 valence electrons. The molecule has 0 aliphatic rings. The van der Waals surface area contributed by atoms with Crippen LogP contribution < -0.4 is 0 Å². The van der Waals surface area contributed by atoms with Crippen molar-refractivity contribution in [3.05, 3.63) is 46.5 Å². The Labute approximate surface area is 160 Å². The summed E-state index contributed by atoms with van der Waals surface area (Å²) in [6, 6.07) is 5.56. The van der Waals surface area contributed by atoms with E-state index < -0.39 is 8.32 Å². The fourth-order valence-corrected chi connectivity index (χ4v) is 3.90. The molecule has 0 aliphatic heterocycles. The fourth-order valence-electron chi connectivity index (χ4n) is 2.41. The smallest absolute Gasteiger partial charge is 0.184 e. The van der Waals surface area contributed by atoms with Crippen LogP contribution in [0.3, 0.4) is 0 Å². The van der Waals surface area contributed by atoms with Crippen molar-refractivity contribution in [3.8, 4) is 0 Å². The summed E-state index contributed by atoms with van der Waals surface area (Å²) in [5.41, 5.74) is 1.74. The van der Waals surface area contributed by atoms with Crippen LogP contribution in [0.5, 0.6) is 0 Å². The van der Waals surface area contributed by atoms with Crippen molar-refractivity contribution in [3.63, 3.8) is 0 Å². The van der Waals surface area contributed by atoms with Gasteiger partial charge in [0, 0.05) is 0 Å². The Morgan fingerprint density at radius 3 is 2.36 bits per heavy atom. The second-order valence-electron chi connectivity index (χ2n) is 8.06. The third-order valence-electron chi connectivity index (χ3n) is 3.47. The number of hydrogen-bond donors (Lipinski definition) is 0. The first-order valence-electron chi connectivity index (χ1n) is 8.17. The van der Waals surface area contributed by atoms with Gasteiger partial charge in [-0.1, -0.05) is 50.0 Å². The van der Waals surface area contributed by atoms with Crippen molar-refractivity contribution < 1.29 is 4.43 Å². The minimum Gasteiger partial charge on any atom is -0.409 e. The molecular weight excluding hydrogens is 373 g/mol. The quantitative estimate of drug-likeness (QED) is 0.593. The average molecular weight is 398 g/mol. The molecule has 0 fully saturated rings. The van der Waals surface area contributed by atoms with Crippen LogP contribution in [-0.2, 0) is 4.43 Å². The van der Waals surface area contributed by atoms with Crippen molar-refractivity contribution >= 4 is 43.3 Å². The molecule has 0 spiro atoms. The summed E-state index contributed by atoms with van der Waals surface area (Å²) in [6.45, 7) is 13.0. The first kappa shape index (κ1) is 20.2. The van der Waals surface area contributed by atoms with E-state index in [1.807, 2.05) is 18.2 Å². The molecule has 0 saturated heterocycles. The maximum Gasteiger partial charge on any atom is 0.184 e. The average Bonchev–Trinajstić information content (AvgIpc) is 2.98. The summed E-state index contributed by atoms with van der Waals surface area (Å²) in [4.78, 5) is 4.10. The molecule has 1 aromatic carbocycles. The first-order chi connectivity index (χ1) is 11.5. The van der Waals surface area contributed by atoms with Gasteiger partial charge in [0.15, 0.2) is 8.32 Å². The predicted molar refractivity (Wildman–Crippen MR) is 108 cm³/mol. The maximum absolute atomic E-state index is 6.54. The molecular formula is C18H25Cl2N3OSi. The van der Waals surface area contributed by atoms with Crippen LogP contribution in [0, 0.1) is 5.41 Å². The van der Waals surface area contributed by atoms with Crippen LogP contribution in [0.25, 0.3) is 11.8 Å². The summed E-state index contributed by atoms with van der Waals surface area (Å²) in [7, 11) is -1.79. The summed E-state index contributed by atoms with van der Waals surface area (Å²) < 4.78 is 8.30. The van der Waals surface area contributed by atoms with Crippen molar-refractivity contribution in [1.29, 1.82) is 0 Å². The minimum absolute atomic E-state index is 0.117. The van der Waals surface area contributed by atoms with Gasteiger partial charge in [0.1, 0.15) is 12.7 Å². The molecule has 7 heteroatoms. The molecule has 4 nitrogen and oxygen atoms in total. The Morgan fingerprint density at radius 1 is 1.20 bits per heavy atom.